The van der Waals surface area contributed by atoms with Crippen LogP contribution in [-0.4, -0.2) is 17.9 Å². The van der Waals surface area contributed by atoms with Gasteiger partial charge in [-0.15, -0.1) is 0 Å². The molecule has 6 heteroatoms. The number of amides is 2. The zero-order valence-corrected chi connectivity index (χ0v) is 13.6. The van der Waals surface area contributed by atoms with Crippen molar-refractivity contribution in [1.29, 1.82) is 0 Å². The van der Waals surface area contributed by atoms with E-state index in [9.17, 15) is 9.59 Å². The van der Waals surface area contributed by atoms with Crippen molar-refractivity contribution in [3.05, 3.63) is 59.1 Å². The molecule has 2 aromatic rings. The number of fused-ring (bicyclic) bond motifs is 1. The van der Waals surface area contributed by atoms with E-state index in [1.54, 1.807) is 37.3 Å². The van der Waals surface area contributed by atoms with Gasteiger partial charge < -0.3 is 15.4 Å². The molecule has 122 valence electrons. The Morgan fingerprint density at radius 1 is 1.29 bits per heavy atom. The average Bonchev–Trinajstić information content (AvgIpc) is 2.55. The zero-order chi connectivity index (χ0) is 17.1. The number of carbonyl (C=O) groups is 2. The van der Waals surface area contributed by atoms with E-state index in [0.29, 0.717) is 22.1 Å². The van der Waals surface area contributed by atoms with Crippen molar-refractivity contribution in [1.82, 2.24) is 0 Å². The standard InChI is InChI=1S/C18H15ClN2O3/c1-11-18(23)21-15-10-13(7-8-16(15)24-11)20-17(22)9-6-12-4-2-3-5-14(12)19/h2-11H,1H3,(H,20,22)(H,21,23)/b9-6+. The quantitative estimate of drug-likeness (QED) is 0.835. The van der Waals surface area contributed by atoms with Crippen LogP contribution in [0.2, 0.25) is 5.02 Å². The fraction of sp³-hybridized carbons (Fsp3) is 0.111. The molecule has 0 bridgehead atoms. The van der Waals surface area contributed by atoms with Crippen LogP contribution in [0.3, 0.4) is 0 Å². The molecule has 3 rings (SSSR count). The summed E-state index contributed by atoms with van der Waals surface area (Å²) in [6.45, 7) is 1.67. The van der Waals surface area contributed by atoms with Crippen LogP contribution in [0, 0.1) is 0 Å². The first-order chi connectivity index (χ1) is 11.5. The van der Waals surface area contributed by atoms with Gasteiger partial charge in [0.25, 0.3) is 5.91 Å². The number of hydrogen-bond donors (Lipinski definition) is 2. The highest BCUT2D eigenvalue weighted by atomic mass is 35.5. The predicted octanol–water partition coefficient (Wildman–Crippen LogP) is 3.71. The van der Waals surface area contributed by atoms with E-state index < -0.39 is 6.10 Å². The Labute approximate surface area is 144 Å². The molecular weight excluding hydrogens is 328 g/mol. The highest BCUT2D eigenvalue weighted by Gasteiger charge is 2.23. The Balaban J connectivity index is 1.70. The zero-order valence-electron chi connectivity index (χ0n) is 12.9. The number of anilines is 2. The Morgan fingerprint density at radius 3 is 2.88 bits per heavy atom. The van der Waals surface area contributed by atoms with Gasteiger partial charge in [-0.3, -0.25) is 9.59 Å². The number of benzene rings is 2. The van der Waals surface area contributed by atoms with Gasteiger partial charge in [-0.1, -0.05) is 29.8 Å². The van der Waals surface area contributed by atoms with Gasteiger partial charge in [0.2, 0.25) is 5.91 Å². The van der Waals surface area contributed by atoms with Crippen molar-refractivity contribution in [2.45, 2.75) is 13.0 Å². The molecule has 0 radical (unpaired) electrons. The number of hydrogen-bond acceptors (Lipinski definition) is 3. The monoisotopic (exact) mass is 342 g/mol. The molecule has 24 heavy (non-hydrogen) atoms. The Hall–Kier alpha value is -2.79. The summed E-state index contributed by atoms with van der Waals surface area (Å²) in [4.78, 5) is 23.7. The van der Waals surface area contributed by atoms with Crippen LogP contribution >= 0.6 is 11.6 Å². The van der Waals surface area contributed by atoms with Gasteiger partial charge in [0.05, 0.1) is 5.69 Å². The van der Waals surface area contributed by atoms with Crippen LogP contribution in [0.1, 0.15) is 12.5 Å². The summed E-state index contributed by atoms with van der Waals surface area (Å²) in [5, 5.41) is 6.04. The van der Waals surface area contributed by atoms with Crippen molar-refractivity contribution < 1.29 is 14.3 Å². The lowest BCUT2D eigenvalue weighted by Crippen LogP contribution is -2.34. The SMILES string of the molecule is CC1Oc2ccc(NC(=O)/C=C/c3ccccc3Cl)cc2NC1=O. The highest BCUT2D eigenvalue weighted by Crippen LogP contribution is 2.32. The lowest BCUT2D eigenvalue weighted by atomic mass is 10.2. The Bertz CT molecular complexity index is 833. The molecule has 1 aliphatic rings. The topological polar surface area (TPSA) is 67.4 Å². The lowest BCUT2D eigenvalue weighted by Gasteiger charge is -2.23. The molecule has 0 aromatic heterocycles. The van der Waals surface area contributed by atoms with E-state index in [1.165, 1.54) is 6.08 Å². The molecular formula is C18H15ClN2O3. The van der Waals surface area contributed by atoms with Crippen molar-refractivity contribution in [3.63, 3.8) is 0 Å². The summed E-state index contributed by atoms with van der Waals surface area (Å²) in [7, 11) is 0. The Morgan fingerprint density at radius 2 is 2.08 bits per heavy atom. The van der Waals surface area contributed by atoms with Gasteiger partial charge in [0.1, 0.15) is 5.75 Å². The molecule has 1 atom stereocenters. The van der Waals surface area contributed by atoms with Crippen LogP contribution < -0.4 is 15.4 Å². The molecule has 0 saturated carbocycles. The largest absolute Gasteiger partial charge is 0.479 e. The lowest BCUT2D eigenvalue weighted by molar-refractivity contribution is -0.122. The minimum Gasteiger partial charge on any atom is -0.479 e. The van der Waals surface area contributed by atoms with E-state index in [-0.39, 0.29) is 11.8 Å². The average molecular weight is 343 g/mol. The number of halogens is 1. The summed E-state index contributed by atoms with van der Waals surface area (Å²) >= 11 is 6.04. The van der Waals surface area contributed by atoms with Crippen LogP contribution in [0.15, 0.2) is 48.5 Å². The summed E-state index contributed by atoms with van der Waals surface area (Å²) in [5.41, 5.74) is 1.85. The summed E-state index contributed by atoms with van der Waals surface area (Å²) in [6, 6.07) is 12.3. The van der Waals surface area contributed by atoms with Gasteiger partial charge in [-0.2, -0.15) is 0 Å². The molecule has 1 unspecified atom stereocenters. The fourth-order valence-electron chi connectivity index (χ4n) is 2.25. The number of carbonyl (C=O) groups excluding carboxylic acids is 2. The van der Waals surface area contributed by atoms with Crippen molar-refractivity contribution in [2.75, 3.05) is 10.6 Å². The molecule has 0 fully saturated rings. The van der Waals surface area contributed by atoms with E-state index in [4.69, 9.17) is 16.3 Å². The van der Waals surface area contributed by atoms with Crippen molar-refractivity contribution in [2.24, 2.45) is 0 Å². The van der Waals surface area contributed by atoms with Crippen LogP contribution in [0.5, 0.6) is 5.75 Å². The van der Waals surface area contributed by atoms with Gasteiger partial charge >= 0.3 is 0 Å². The minimum atomic E-state index is -0.531. The van der Waals surface area contributed by atoms with Gasteiger partial charge in [0.15, 0.2) is 6.10 Å². The highest BCUT2D eigenvalue weighted by molar-refractivity contribution is 6.32. The molecule has 1 aliphatic heterocycles. The van der Waals surface area contributed by atoms with E-state index in [2.05, 4.69) is 10.6 Å². The molecule has 0 spiro atoms. The first-order valence-electron chi connectivity index (χ1n) is 7.38. The number of nitrogens with one attached hydrogen (secondary N) is 2. The molecule has 2 amide bonds. The summed E-state index contributed by atoms with van der Waals surface area (Å²) < 4.78 is 5.47. The van der Waals surface area contributed by atoms with Gasteiger partial charge in [-0.05, 0) is 42.8 Å². The van der Waals surface area contributed by atoms with E-state index >= 15 is 0 Å². The fourth-order valence-corrected chi connectivity index (χ4v) is 2.44. The maximum absolute atomic E-state index is 12.0. The van der Waals surface area contributed by atoms with Crippen molar-refractivity contribution in [3.8, 4) is 5.75 Å². The normalized spacial score (nSPS) is 16.2. The molecule has 0 aliphatic carbocycles. The Kier molecular flexibility index (Phi) is 4.53. The summed E-state index contributed by atoms with van der Waals surface area (Å²) in [5.74, 6) is 0.0580. The molecule has 5 nitrogen and oxygen atoms in total. The molecule has 2 aromatic carbocycles. The van der Waals surface area contributed by atoms with Crippen LogP contribution in [-0.2, 0) is 9.59 Å². The third-order valence-electron chi connectivity index (χ3n) is 3.50. The number of ether oxygens (including phenoxy) is 1. The second kappa shape index (κ2) is 6.76. The predicted molar refractivity (Wildman–Crippen MR) is 94.3 cm³/mol. The van der Waals surface area contributed by atoms with E-state index in [1.807, 2.05) is 18.2 Å². The van der Waals surface area contributed by atoms with Crippen LogP contribution in [0.4, 0.5) is 11.4 Å². The molecule has 0 saturated heterocycles. The minimum absolute atomic E-state index is 0.218. The second-order valence-electron chi connectivity index (χ2n) is 5.30. The smallest absolute Gasteiger partial charge is 0.265 e. The van der Waals surface area contributed by atoms with Crippen molar-refractivity contribution >= 4 is 40.9 Å². The maximum Gasteiger partial charge on any atom is 0.265 e. The number of rotatable bonds is 3. The third-order valence-corrected chi connectivity index (χ3v) is 3.84. The van der Waals surface area contributed by atoms with Gasteiger partial charge in [0, 0.05) is 16.8 Å². The first-order valence-corrected chi connectivity index (χ1v) is 7.76. The maximum atomic E-state index is 12.0. The second-order valence-corrected chi connectivity index (χ2v) is 5.71. The van der Waals surface area contributed by atoms with E-state index in [0.717, 1.165) is 5.56 Å². The van der Waals surface area contributed by atoms with Crippen LogP contribution in [0.25, 0.3) is 6.08 Å². The first kappa shape index (κ1) is 16.1. The molecule has 2 N–H and O–H groups in total. The van der Waals surface area contributed by atoms with Gasteiger partial charge in [-0.25, -0.2) is 0 Å². The summed E-state index contributed by atoms with van der Waals surface area (Å²) in [6.07, 6.45) is 2.51. The third kappa shape index (κ3) is 3.58. The molecule has 1 heterocycles.